The summed E-state index contributed by atoms with van der Waals surface area (Å²) >= 11 is 0. The molecule has 0 spiro atoms. The van der Waals surface area contributed by atoms with Crippen LogP contribution in [0.3, 0.4) is 0 Å². The van der Waals surface area contributed by atoms with Gasteiger partial charge in [0.1, 0.15) is 11.5 Å². The van der Waals surface area contributed by atoms with Gasteiger partial charge in [0.15, 0.2) is 0 Å². The summed E-state index contributed by atoms with van der Waals surface area (Å²) < 4.78 is 2.08. The first-order valence-corrected chi connectivity index (χ1v) is 9.25. The third-order valence-corrected chi connectivity index (χ3v) is 5.09. The molecule has 4 heteroatoms. The molecule has 26 heavy (non-hydrogen) atoms. The molecule has 0 radical (unpaired) electrons. The molecule has 3 aromatic rings. The van der Waals surface area contributed by atoms with E-state index in [0.717, 1.165) is 36.6 Å². The SMILES string of the molecule is CC(C)(C)c1ccc(-c2ccccc2-c2nc(N)n3c2NCCC3)cc1. The zero-order valence-electron chi connectivity index (χ0n) is 15.7. The lowest BCUT2D eigenvalue weighted by molar-refractivity contribution is 0.590. The topological polar surface area (TPSA) is 55.9 Å². The lowest BCUT2D eigenvalue weighted by Gasteiger charge is -2.20. The zero-order valence-corrected chi connectivity index (χ0v) is 15.7. The molecule has 0 atom stereocenters. The van der Waals surface area contributed by atoms with Gasteiger partial charge in [0.25, 0.3) is 0 Å². The maximum absolute atomic E-state index is 6.17. The van der Waals surface area contributed by atoms with Gasteiger partial charge in [-0.25, -0.2) is 4.98 Å². The van der Waals surface area contributed by atoms with Crippen LogP contribution < -0.4 is 11.1 Å². The second kappa shape index (κ2) is 6.20. The molecule has 1 aromatic heterocycles. The van der Waals surface area contributed by atoms with E-state index in [2.05, 4.69) is 84.2 Å². The van der Waals surface area contributed by atoms with Crippen molar-refractivity contribution >= 4 is 11.8 Å². The van der Waals surface area contributed by atoms with Gasteiger partial charge in [-0.1, -0.05) is 69.3 Å². The van der Waals surface area contributed by atoms with E-state index in [1.54, 1.807) is 0 Å². The van der Waals surface area contributed by atoms with Crippen molar-refractivity contribution < 1.29 is 0 Å². The number of fused-ring (bicyclic) bond motifs is 1. The van der Waals surface area contributed by atoms with E-state index < -0.39 is 0 Å². The Hall–Kier alpha value is -2.75. The number of nitrogens with two attached hydrogens (primary N) is 1. The summed E-state index contributed by atoms with van der Waals surface area (Å²) in [4.78, 5) is 4.68. The van der Waals surface area contributed by atoms with Crippen molar-refractivity contribution in [1.82, 2.24) is 9.55 Å². The molecule has 2 aromatic carbocycles. The van der Waals surface area contributed by atoms with Crippen LogP contribution in [0, 0.1) is 0 Å². The molecule has 2 heterocycles. The predicted octanol–water partition coefficient (Wildman–Crippen LogP) is 4.91. The average molecular weight is 346 g/mol. The predicted molar refractivity (Wildman–Crippen MR) is 109 cm³/mol. The van der Waals surface area contributed by atoms with Gasteiger partial charge in [0.2, 0.25) is 5.95 Å². The fourth-order valence-corrected chi connectivity index (χ4v) is 3.60. The van der Waals surface area contributed by atoms with Crippen molar-refractivity contribution in [1.29, 1.82) is 0 Å². The van der Waals surface area contributed by atoms with E-state index in [0.29, 0.717) is 5.95 Å². The molecule has 0 fully saturated rings. The second-order valence-corrected chi connectivity index (χ2v) is 7.97. The van der Waals surface area contributed by atoms with Crippen LogP contribution in [0.4, 0.5) is 11.8 Å². The lowest BCUT2D eigenvalue weighted by Crippen LogP contribution is -2.18. The van der Waals surface area contributed by atoms with Gasteiger partial charge in [-0.3, -0.25) is 4.57 Å². The third kappa shape index (κ3) is 2.85. The molecular formula is C22H26N4. The summed E-state index contributed by atoms with van der Waals surface area (Å²) in [5.41, 5.74) is 12.1. The Balaban J connectivity index is 1.82. The Morgan fingerprint density at radius 1 is 1.00 bits per heavy atom. The van der Waals surface area contributed by atoms with E-state index in [-0.39, 0.29) is 5.41 Å². The van der Waals surface area contributed by atoms with Crippen LogP contribution in [0.15, 0.2) is 48.5 Å². The number of benzene rings is 2. The summed E-state index contributed by atoms with van der Waals surface area (Å²) in [6, 6.07) is 17.3. The van der Waals surface area contributed by atoms with Crippen LogP contribution in [0.1, 0.15) is 32.8 Å². The maximum atomic E-state index is 6.17. The third-order valence-electron chi connectivity index (χ3n) is 5.09. The van der Waals surface area contributed by atoms with Crippen LogP contribution in [0.2, 0.25) is 0 Å². The number of hydrogen-bond donors (Lipinski definition) is 2. The first-order valence-electron chi connectivity index (χ1n) is 9.25. The summed E-state index contributed by atoms with van der Waals surface area (Å²) in [5, 5.41) is 3.48. The highest BCUT2D eigenvalue weighted by atomic mass is 15.2. The van der Waals surface area contributed by atoms with Crippen molar-refractivity contribution in [2.24, 2.45) is 0 Å². The number of nitrogen functional groups attached to an aromatic ring is 1. The minimum absolute atomic E-state index is 0.152. The molecule has 4 rings (SSSR count). The Morgan fingerprint density at radius 3 is 2.38 bits per heavy atom. The zero-order chi connectivity index (χ0) is 18.3. The molecule has 0 unspecified atom stereocenters. The minimum Gasteiger partial charge on any atom is -0.370 e. The van der Waals surface area contributed by atoms with Crippen LogP contribution >= 0.6 is 0 Å². The van der Waals surface area contributed by atoms with Crippen molar-refractivity contribution in [2.75, 3.05) is 17.6 Å². The van der Waals surface area contributed by atoms with Crippen LogP contribution in [-0.4, -0.2) is 16.1 Å². The number of nitrogens with zero attached hydrogens (tertiary/aromatic N) is 2. The number of imidazole rings is 1. The summed E-state index contributed by atoms with van der Waals surface area (Å²) in [6.07, 6.45) is 1.07. The monoisotopic (exact) mass is 346 g/mol. The summed E-state index contributed by atoms with van der Waals surface area (Å²) in [7, 11) is 0. The van der Waals surface area contributed by atoms with Gasteiger partial charge in [-0.05, 0) is 28.5 Å². The lowest BCUT2D eigenvalue weighted by atomic mass is 9.86. The first-order chi connectivity index (χ1) is 12.4. The van der Waals surface area contributed by atoms with Crippen molar-refractivity contribution in [3.8, 4) is 22.4 Å². The Labute approximate surface area is 155 Å². The quantitative estimate of drug-likeness (QED) is 0.693. The molecule has 1 aliphatic rings. The van der Waals surface area contributed by atoms with Gasteiger partial charge in [0.05, 0.1) is 0 Å². The van der Waals surface area contributed by atoms with Crippen molar-refractivity contribution in [3.63, 3.8) is 0 Å². The molecular weight excluding hydrogens is 320 g/mol. The molecule has 0 bridgehead atoms. The van der Waals surface area contributed by atoms with Crippen LogP contribution in [0.25, 0.3) is 22.4 Å². The Bertz CT molecular complexity index is 930. The molecule has 4 nitrogen and oxygen atoms in total. The largest absolute Gasteiger partial charge is 0.370 e. The van der Waals surface area contributed by atoms with Crippen molar-refractivity contribution in [2.45, 2.75) is 39.2 Å². The molecule has 0 aliphatic carbocycles. The molecule has 0 amide bonds. The van der Waals surface area contributed by atoms with Gasteiger partial charge >= 0.3 is 0 Å². The minimum atomic E-state index is 0.152. The second-order valence-electron chi connectivity index (χ2n) is 7.97. The van der Waals surface area contributed by atoms with E-state index in [1.807, 2.05) is 0 Å². The van der Waals surface area contributed by atoms with E-state index in [4.69, 9.17) is 5.73 Å². The maximum Gasteiger partial charge on any atom is 0.202 e. The Kier molecular flexibility index (Phi) is 3.98. The van der Waals surface area contributed by atoms with E-state index in [1.165, 1.54) is 16.7 Å². The van der Waals surface area contributed by atoms with Gasteiger partial charge in [0, 0.05) is 18.7 Å². The van der Waals surface area contributed by atoms with Crippen LogP contribution in [0.5, 0.6) is 0 Å². The number of aromatic nitrogens is 2. The average Bonchev–Trinajstić information content (AvgIpc) is 2.98. The standard InChI is InChI=1S/C22H26N4/c1-22(2,3)16-11-9-15(10-12-16)17-7-4-5-8-18(17)19-20-24-13-6-14-26(20)21(23)25-19/h4-5,7-12,24H,6,13-14H2,1-3H3,(H2,23,25). The normalized spacial score (nSPS) is 14.0. The highest BCUT2D eigenvalue weighted by Crippen LogP contribution is 2.38. The highest BCUT2D eigenvalue weighted by Gasteiger charge is 2.21. The number of hydrogen-bond acceptors (Lipinski definition) is 3. The highest BCUT2D eigenvalue weighted by molar-refractivity contribution is 5.87. The number of rotatable bonds is 2. The summed E-state index contributed by atoms with van der Waals surface area (Å²) in [6.45, 7) is 8.59. The Morgan fingerprint density at radius 2 is 1.69 bits per heavy atom. The first kappa shape index (κ1) is 16.7. The van der Waals surface area contributed by atoms with E-state index >= 15 is 0 Å². The van der Waals surface area contributed by atoms with Crippen LogP contribution in [-0.2, 0) is 12.0 Å². The number of anilines is 2. The molecule has 0 saturated carbocycles. The fourth-order valence-electron chi connectivity index (χ4n) is 3.60. The molecule has 1 aliphatic heterocycles. The molecule has 0 saturated heterocycles. The fraction of sp³-hybridized carbons (Fsp3) is 0.318. The van der Waals surface area contributed by atoms with E-state index in [9.17, 15) is 0 Å². The van der Waals surface area contributed by atoms with Gasteiger partial charge < -0.3 is 11.1 Å². The smallest absolute Gasteiger partial charge is 0.202 e. The summed E-state index contributed by atoms with van der Waals surface area (Å²) in [5.74, 6) is 1.62. The molecule has 3 N–H and O–H groups in total. The number of nitrogens with one attached hydrogen (secondary N) is 1. The van der Waals surface area contributed by atoms with Crippen molar-refractivity contribution in [3.05, 3.63) is 54.1 Å². The van der Waals surface area contributed by atoms with Gasteiger partial charge in [-0.2, -0.15) is 0 Å². The van der Waals surface area contributed by atoms with Gasteiger partial charge in [-0.15, -0.1) is 0 Å². The molecule has 134 valence electrons.